The van der Waals surface area contributed by atoms with Crippen LogP contribution in [0, 0.1) is 0 Å². The maximum absolute atomic E-state index is 11.0. The molecule has 0 aliphatic carbocycles. The molecule has 0 fully saturated rings. The first kappa shape index (κ1) is 12.2. The van der Waals surface area contributed by atoms with Crippen molar-refractivity contribution in [1.82, 2.24) is 0 Å². The van der Waals surface area contributed by atoms with Crippen molar-refractivity contribution in [1.29, 1.82) is 0 Å². The summed E-state index contributed by atoms with van der Waals surface area (Å²) in [5, 5.41) is 8.73. The van der Waals surface area contributed by atoms with Crippen LogP contribution in [-0.4, -0.2) is 30.3 Å². The van der Waals surface area contributed by atoms with Crippen LogP contribution < -0.4 is 0 Å². The van der Waals surface area contributed by atoms with Gasteiger partial charge in [0.15, 0.2) is 0 Å². The van der Waals surface area contributed by atoms with E-state index < -0.39 is 18.0 Å². The predicted octanol–water partition coefficient (Wildman–Crippen LogP) is 0.829. The number of hydrogen-bond acceptors (Lipinski definition) is 4. The largest absolute Gasteiger partial charge is 0.479 e. The molecule has 0 aliphatic heterocycles. The van der Waals surface area contributed by atoms with Gasteiger partial charge in [0.2, 0.25) is 0 Å². The van der Waals surface area contributed by atoms with E-state index in [4.69, 9.17) is 9.84 Å². The lowest BCUT2D eigenvalue weighted by molar-refractivity contribution is -0.168. The lowest BCUT2D eigenvalue weighted by atomic mass is 10.2. The minimum atomic E-state index is -1.58. The van der Waals surface area contributed by atoms with Crippen molar-refractivity contribution in [2.75, 3.05) is 7.11 Å². The second-order valence-electron chi connectivity index (χ2n) is 3.04. The Hall–Kier alpha value is -1.88. The van der Waals surface area contributed by atoms with Crippen molar-refractivity contribution < 1.29 is 24.2 Å². The number of ether oxygens (including phenoxy) is 2. The molecule has 0 bridgehead atoms. The van der Waals surface area contributed by atoms with Crippen molar-refractivity contribution >= 4 is 11.9 Å². The summed E-state index contributed by atoms with van der Waals surface area (Å²) < 4.78 is 9.29. The molecule has 5 nitrogen and oxygen atoms in total. The third kappa shape index (κ3) is 3.36. The van der Waals surface area contributed by atoms with E-state index in [1.54, 1.807) is 24.3 Å². The third-order valence-electron chi connectivity index (χ3n) is 1.90. The van der Waals surface area contributed by atoms with Crippen LogP contribution in [0.3, 0.4) is 0 Å². The zero-order valence-electron chi connectivity index (χ0n) is 8.75. The minimum absolute atomic E-state index is 0.0485. The fourth-order valence-electron chi connectivity index (χ4n) is 1.10. The van der Waals surface area contributed by atoms with Crippen LogP contribution >= 0.6 is 0 Å². The maximum Gasteiger partial charge on any atom is 0.346 e. The highest BCUT2D eigenvalue weighted by molar-refractivity contribution is 5.96. The van der Waals surface area contributed by atoms with Crippen LogP contribution in [0.25, 0.3) is 0 Å². The highest BCUT2D eigenvalue weighted by Gasteiger charge is 2.27. The van der Waals surface area contributed by atoms with E-state index in [-0.39, 0.29) is 6.61 Å². The second-order valence-corrected chi connectivity index (χ2v) is 3.04. The number of carbonyl (C=O) groups is 2. The molecule has 0 saturated heterocycles. The zero-order chi connectivity index (χ0) is 12.0. The van der Waals surface area contributed by atoms with Crippen LogP contribution in [0.4, 0.5) is 0 Å². The first-order valence-electron chi connectivity index (χ1n) is 4.61. The molecule has 16 heavy (non-hydrogen) atoms. The number of esters is 1. The predicted molar refractivity (Wildman–Crippen MR) is 54.7 cm³/mol. The summed E-state index contributed by atoms with van der Waals surface area (Å²) in [6.07, 6.45) is -1.58. The van der Waals surface area contributed by atoms with Gasteiger partial charge in [0.25, 0.3) is 6.10 Å². The topological polar surface area (TPSA) is 72.8 Å². The van der Waals surface area contributed by atoms with E-state index in [0.717, 1.165) is 12.7 Å². The van der Waals surface area contributed by atoms with Gasteiger partial charge < -0.3 is 14.6 Å². The van der Waals surface area contributed by atoms with Crippen molar-refractivity contribution in [2.45, 2.75) is 12.7 Å². The Bertz CT molecular complexity index is 360. The Morgan fingerprint density at radius 3 is 2.44 bits per heavy atom. The first-order chi connectivity index (χ1) is 7.65. The van der Waals surface area contributed by atoms with Crippen LogP contribution in [-0.2, 0) is 25.7 Å². The third-order valence-corrected chi connectivity index (χ3v) is 1.90. The zero-order valence-corrected chi connectivity index (χ0v) is 8.75. The highest BCUT2D eigenvalue weighted by Crippen LogP contribution is 2.04. The van der Waals surface area contributed by atoms with E-state index in [1.807, 2.05) is 6.07 Å². The van der Waals surface area contributed by atoms with Gasteiger partial charge in [-0.2, -0.15) is 0 Å². The van der Waals surface area contributed by atoms with E-state index in [2.05, 4.69) is 4.74 Å². The lowest BCUT2D eigenvalue weighted by Crippen LogP contribution is -2.33. The van der Waals surface area contributed by atoms with Gasteiger partial charge >= 0.3 is 11.9 Å². The summed E-state index contributed by atoms with van der Waals surface area (Å²) in [5.74, 6) is -2.27. The fraction of sp³-hybridized carbons (Fsp3) is 0.273. The van der Waals surface area contributed by atoms with Crippen LogP contribution in [0.1, 0.15) is 5.56 Å². The van der Waals surface area contributed by atoms with Gasteiger partial charge in [-0.15, -0.1) is 0 Å². The van der Waals surface area contributed by atoms with Gasteiger partial charge in [0.1, 0.15) is 0 Å². The van der Waals surface area contributed by atoms with Crippen LogP contribution in [0.5, 0.6) is 0 Å². The number of carboxylic acids is 1. The standard InChI is InChI=1S/C11H12O5/c1-15-11(14)9(10(12)13)16-7-8-5-3-2-4-6-8/h2-6,9H,7H2,1H3,(H,12,13). The molecule has 0 heterocycles. The highest BCUT2D eigenvalue weighted by atomic mass is 16.6. The van der Waals surface area contributed by atoms with Gasteiger partial charge in [-0.3, -0.25) is 0 Å². The number of rotatable bonds is 5. The fourth-order valence-corrected chi connectivity index (χ4v) is 1.10. The molecule has 1 rings (SSSR count). The second kappa shape index (κ2) is 5.87. The van der Waals surface area contributed by atoms with E-state index >= 15 is 0 Å². The van der Waals surface area contributed by atoms with Gasteiger partial charge in [-0.1, -0.05) is 30.3 Å². The van der Waals surface area contributed by atoms with Gasteiger partial charge in [-0.05, 0) is 5.56 Å². The average Bonchev–Trinajstić information content (AvgIpc) is 2.30. The monoisotopic (exact) mass is 224 g/mol. The summed E-state index contributed by atoms with van der Waals surface area (Å²) >= 11 is 0. The Morgan fingerprint density at radius 1 is 1.31 bits per heavy atom. The molecule has 0 aliphatic rings. The molecule has 1 aromatic carbocycles. The van der Waals surface area contributed by atoms with E-state index in [1.165, 1.54) is 0 Å². The number of carbonyl (C=O) groups excluding carboxylic acids is 1. The first-order valence-corrected chi connectivity index (χ1v) is 4.61. The number of carboxylic acid groups (broad SMARTS) is 1. The molecule has 1 N–H and O–H groups in total. The van der Waals surface area contributed by atoms with E-state index in [0.29, 0.717) is 0 Å². The number of aliphatic carboxylic acids is 1. The summed E-state index contributed by atoms with van der Waals surface area (Å²) in [6.45, 7) is 0.0485. The smallest absolute Gasteiger partial charge is 0.346 e. The Kier molecular flexibility index (Phi) is 4.47. The SMILES string of the molecule is COC(=O)C(OCc1ccccc1)C(=O)O. The molecule has 1 aromatic rings. The minimum Gasteiger partial charge on any atom is -0.479 e. The van der Waals surface area contributed by atoms with Gasteiger partial charge in [0.05, 0.1) is 13.7 Å². The Balaban J connectivity index is 2.57. The maximum atomic E-state index is 11.0. The molecule has 0 radical (unpaired) electrons. The van der Waals surface area contributed by atoms with E-state index in [9.17, 15) is 9.59 Å². The molecular weight excluding hydrogens is 212 g/mol. The van der Waals surface area contributed by atoms with Crippen molar-refractivity contribution in [3.05, 3.63) is 35.9 Å². The molecule has 5 heteroatoms. The number of hydrogen-bond donors (Lipinski definition) is 1. The molecule has 86 valence electrons. The van der Waals surface area contributed by atoms with Gasteiger partial charge in [0, 0.05) is 0 Å². The molecule has 1 unspecified atom stereocenters. The van der Waals surface area contributed by atoms with Gasteiger partial charge in [-0.25, -0.2) is 9.59 Å². The van der Waals surface area contributed by atoms with Crippen LogP contribution in [0.2, 0.25) is 0 Å². The van der Waals surface area contributed by atoms with Crippen molar-refractivity contribution in [3.8, 4) is 0 Å². The lowest BCUT2D eigenvalue weighted by Gasteiger charge is -2.11. The Labute approximate surface area is 92.6 Å². The normalized spacial score (nSPS) is 11.8. The number of benzene rings is 1. The summed E-state index contributed by atoms with van der Waals surface area (Å²) in [7, 11) is 1.12. The molecule has 0 spiro atoms. The quantitative estimate of drug-likeness (QED) is 0.592. The molecule has 1 atom stereocenters. The summed E-state index contributed by atoms with van der Waals surface area (Å²) in [6, 6.07) is 8.98. The molecule has 0 aromatic heterocycles. The average molecular weight is 224 g/mol. The Morgan fingerprint density at radius 2 is 1.94 bits per heavy atom. The summed E-state index contributed by atoms with van der Waals surface area (Å²) in [5.41, 5.74) is 0.789. The van der Waals surface area contributed by atoms with Crippen molar-refractivity contribution in [2.24, 2.45) is 0 Å². The molecular formula is C11H12O5. The molecule has 0 amide bonds. The van der Waals surface area contributed by atoms with Crippen LogP contribution in [0.15, 0.2) is 30.3 Å². The molecule has 0 saturated carbocycles. The summed E-state index contributed by atoms with van der Waals surface area (Å²) in [4.78, 5) is 21.7. The number of methoxy groups -OCH3 is 1. The van der Waals surface area contributed by atoms with Crippen molar-refractivity contribution in [3.63, 3.8) is 0 Å².